The van der Waals surface area contributed by atoms with Crippen molar-refractivity contribution in [3.05, 3.63) is 47.1 Å². The van der Waals surface area contributed by atoms with Crippen LogP contribution in [0.1, 0.15) is 5.56 Å². The molecule has 0 fully saturated rings. The topological polar surface area (TPSA) is 33.5 Å². The second-order valence-electron chi connectivity index (χ2n) is 3.05. The van der Waals surface area contributed by atoms with E-state index in [1.165, 1.54) is 12.1 Å². The second-order valence-corrected chi connectivity index (χ2v) is 3.05. The summed E-state index contributed by atoms with van der Waals surface area (Å²) in [6, 6.07) is 6.23. The molecule has 0 saturated carbocycles. The number of nitrogens with one attached hydrogen (secondary N) is 1. The van der Waals surface area contributed by atoms with E-state index >= 15 is 0 Å². The minimum absolute atomic E-state index is 0.150. The number of hydrogen-bond donors (Lipinski definition) is 1. The highest BCUT2D eigenvalue weighted by atomic mass is 19.1. The number of nitrogens with zero attached hydrogens (tertiary/aromatic N) is 1. The van der Waals surface area contributed by atoms with Crippen LogP contribution in [0.5, 0.6) is 0 Å². The van der Waals surface area contributed by atoms with E-state index in [9.17, 15) is 9.18 Å². The number of hydrogen-bond acceptors (Lipinski definition) is 1. The minimum atomic E-state index is -0.290. The molecule has 0 aliphatic carbocycles. The average Bonchev–Trinajstić information content (AvgIpc) is 2.18. The maximum atomic E-state index is 12.7. The molecule has 78 valence electrons. The van der Waals surface area contributed by atoms with Gasteiger partial charge in [0.1, 0.15) is 5.82 Å². The lowest BCUT2D eigenvalue weighted by molar-refractivity contribution is -0.119. The average molecular weight is 206 g/mol. The molecule has 1 aromatic carbocycles. The van der Waals surface area contributed by atoms with Crippen LogP contribution in [0.4, 0.5) is 4.39 Å². The lowest BCUT2D eigenvalue weighted by Crippen LogP contribution is -2.27. The van der Waals surface area contributed by atoms with Crippen LogP contribution in [-0.4, -0.2) is 19.0 Å². The molecule has 1 aromatic rings. The van der Waals surface area contributed by atoms with E-state index < -0.39 is 0 Å². The molecule has 0 spiro atoms. The standard InChI is InChI=1S/C11H11FN2O/c1-13-8-11(15)14-6-5-9-3-2-4-10(12)7-9/h2-4,7H,5-6,8H2,(H,14,15). The summed E-state index contributed by atoms with van der Waals surface area (Å²) in [5.41, 5.74) is 0.832. The number of carbonyl (C=O) groups is 1. The third kappa shape index (κ3) is 4.23. The van der Waals surface area contributed by atoms with E-state index in [4.69, 9.17) is 6.57 Å². The summed E-state index contributed by atoms with van der Waals surface area (Å²) in [5, 5.41) is 2.58. The molecule has 3 nitrogen and oxygen atoms in total. The third-order valence-electron chi connectivity index (χ3n) is 1.85. The van der Waals surface area contributed by atoms with Crippen molar-refractivity contribution in [1.82, 2.24) is 5.32 Å². The molecule has 0 atom stereocenters. The quantitative estimate of drug-likeness (QED) is 0.742. The summed E-state index contributed by atoms with van der Waals surface area (Å²) in [4.78, 5) is 13.9. The van der Waals surface area contributed by atoms with Gasteiger partial charge in [0, 0.05) is 6.54 Å². The molecule has 0 bridgehead atoms. The first-order valence-electron chi connectivity index (χ1n) is 4.56. The van der Waals surface area contributed by atoms with Gasteiger partial charge in [0.2, 0.25) is 0 Å². The van der Waals surface area contributed by atoms with Gasteiger partial charge in [-0.3, -0.25) is 4.79 Å². The van der Waals surface area contributed by atoms with Crippen molar-refractivity contribution in [3.63, 3.8) is 0 Å². The molecular weight excluding hydrogens is 195 g/mol. The van der Waals surface area contributed by atoms with Gasteiger partial charge in [0.05, 0.1) is 0 Å². The summed E-state index contributed by atoms with van der Waals surface area (Å²) in [7, 11) is 0. The Kier molecular flexibility index (Phi) is 4.30. The molecule has 0 aromatic heterocycles. The molecule has 0 aliphatic heterocycles. The summed E-state index contributed by atoms with van der Waals surface area (Å²) in [5.74, 6) is -0.568. The van der Waals surface area contributed by atoms with Crippen LogP contribution in [0.2, 0.25) is 0 Å². The monoisotopic (exact) mass is 206 g/mol. The first-order valence-corrected chi connectivity index (χ1v) is 4.56. The van der Waals surface area contributed by atoms with Crippen LogP contribution in [0.15, 0.2) is 24.3 Å². The number of rotatable bonds is 4. The highest BCUT2D eigenvalue weighted by Gasteiger charge is 2.02. The fourth-order valence-electron chi connectivity index (χ4n) is 1.17. The highest BCUT2D eigenvalue weighted by Crippen LogP contribution is 2.03. The zero-order valence-corrected chi connectivity index (χ0v) is 8.16. The second kappa shape index (κ2) is 5.76. The van der Waals surface area contributed by atoms with Gasteiger partial charge in [-0.1, -0.05) is 12.1 Å². The van der Waals surface area contributed by atoms with Crippen molar-refractivity contribution in [2.75, 3.05) is 13.1 Å². The summed E-state index contributed by atoms with van der Waals surface area (Å²) in [6.45, 7) is 6.75. The Balaban J connectivity index is 2.32. The van der Waals surface area contributed by atoms with Gasteiger partial charge in [0.15, 0.2) is 0 Å². The molecule has 0 aliphatic rings. The summed E-state index contributed by atoms with van der Waals surface area (Å²) >= 11 is 0. The van der Waals surface area contributed by atoms with Gasteiger partial charge >= 0.3 is 0 Å². The Morgan fingerprint density at radius 2 is 2.33 bits per heavy atom. The van der Waals surface area contributed by atoms with E-state index in [0.717, 1.165) is 5.56 Å². The number of benzene rings is 1. The first kappa shape index (κ1) is 11.2. The lowest BCUT2D eigenvalue weighted by Gasteiger charge is -2.02. The number of carbonyl (C=O) groups excluding carboxylic acids is 1. The fraction of sp³-hybridized carbons (Fsp3) is 0.273. The summed E-state index contributed by atoms with van der Waals surface area (Å²) < 4.78 is 12.7. The molecule has 15 heavy (non-hydrogen) atoms. The molecule has 0 radical (unpaired) electrons. The molecule has 0 saturated heterocycles. The predicted octanol–water partition coefficient (Wildman–Crippen LogP) is 1.40. The van der Waals surface area contributed by atoms with Crippen LogP contribution in [0.25, 0.3) is 4.85 Å². The van der Waals surface area contributed by atoms with Gasteiger partial charge < -0.3 is 10.2 Å². The molecule has 4 heteroatoms. The van der Waals surface area contributed by atoms with E-state index in [2.05, 4.69) is 10.2 Å². The van der Waals surface area contributed by atoms with Crippen molar-refractivity contribution in [1.29, 1.82) is 0 Å². The van der Waals surface area contributed by atoms with Gasteiger partial charge in [-0.05, 0) is 24.1 Å². The van der Waals surface area contributed by atoms with Crippen LogP contribution in [-0.2, 0) is 11.2 Å². The van der Waals surface area contributed by atoms with Crippen molar-refractivity contribution in [2.24, 2.45) is 0 Å². The van der Waals surface area contributed by atoms with E-state index in [1.54, 1.807) is 12.1 Å². The molecule has 0 heterocycles. The maximum Gasteiger partial charge on any atom is 0.300 e. The van der Waals surface area contributed by atoms with Crippen molar-refractivity contribution >= 4 is 5.91 Å². The molecule has 0 unspecified atom stereocenters. The van der Waals surface area contributed by atoms with Gasteiger partial charge in [0.25, 0.3) is 12.5 Å². The fourth-order valence-corrected chi connectivity index (χ4v) is 1.17. The minimum Gasteiger partial charge on any atom is -0.349 e. The highest BCUT2D eigenvalue weighted by molar-refractivity contribution is 5.79. The van der Waals surface area contributed by atoms with Gasteiger partial charge in [-0.15, -0.1) is 0 Å². The van der Waals surface area contributed by atoms with Crippen LogP contribution in [0, 0.1) is 12.4 Å². The van der Waals surface area contributed by atoms with Crippen molar-refractivity contribution in [3.8, 4) is 0 Å². The molecular formula is C11H11FN2O. The van der Waals surface area contributed by atoms with Gasteiger partial charge in [-0.2, -0.15) is 0 Å². The molecule has 1 rings (SSSR count). The zero-order chi connectivity index (χ0) is 11.1. The van der Waals surface area contributed by atoms with Crippen LogP contribution < -0.4 is 5.32 Å². The predicted molar refractivity (Wildman–Crippen MR) is 54.6 cm³/mol. The van der Waals surface area contributed by atoms with E-state index in [0.29, 0.717) is 13.0 Å². The van der Waals surface area contributed by atoms with E-state index in [1.807, 2.05) is 0 Å². The Morgan fingerprint density at radius 1 is 1.53 bits per heavy atom. The Labute approximate surface area is 87.7 Å². The first-order chi connectivity index (χ1) is 7.22. The van der Waals surface area contributed by atoms with Crippen LogP contribution >= 0.6 is 0 Å². The largest absolute Gasteiger partial charge is 0.349 e. The Bertz CT molecular complexity index is 384. The zero-order valence-electron chi connectivity index (χ0n) is 8.16. The molecule has 1 amide bonds. The normalized spacial score (nSPS) is 9.33. The number of amides is 1. The molecule has 1 N–H and O–H groups in total. The lowest BCUT2D eigenvalue weighted by atomic mass is 10.1. The SMILES string of the molecule is [C-]#[N+]CC(=O)NCCc1cccc(F)c1. The third-order valence-corrected chi connectivity index (χ3v) is 1.85. The van der Waals surface area contributed by atoms with Crippen LogP contribution in [0.3, 0.4) is 0 Å². The Hall–Kier alpha value is -1.89. The van der Waals surface area contributed by atoms with Crippen molar-refractivity contribution in [2.45, 2.75) is 6.42 Å². The van der Waals surface area contributed by atoms with E-state index in [-0.39, 0.29) is 18.3 Å². The Morgan fingerprint density at radius 3 is 3.00 bits per heavy atom. The van der Waals surface area contributed by atoms with Crippen molar-refractivity contribution < 1.29 is 9.18 Å². The van der Waals surface area contributed by atoms with Gasteiger partial charge in [-0.25, -0.2) is 11.0 Å². The summed E-state index contributed by atoms with van der Waals surface area (Å²) in [6.07, 6.45) is 0.571. The maximum absolute atomic E-state index is 12.7. The number of halogens is 1. The smallest absolute Gasteiger partial charge is 0.300 e.